The lowest BCUT2D eigenvalue weighted by Crippen LogP contribution is -2.31. The number of carbonyl (C=O) groups excluding carboxylic acids is 1. The minimum atomic E-state index is -3.78. The van der Waals surface area contributed by atoms with Gasteiger partial charge in [-0.15, -0.1) is 0 Å². The molecule has 0 saturated heterocycles. The lowest BCUT2D eigenvalue weighted by Gasteiger charge is -2.11. The van der Waals surface area contributed by atoms with Gasteiger partial charge in [0.25, 0.3) is 0 Å². The van der Waals surface area contributed by atoms with Crippen LogP contribution >= 0.6 is 0 Å². The van der Waals surface area contributed by atoms with Crippen LogP contribution < -0.4 is 10.5 Å². The van der Waals surface area contributed by atoms with Crippen LogP contribution in [0.1, 0.15) is 18.1 Å². The van der Waals surface area contributed by atoms with Crippen LogP contribution in [-0.2, 0) is 19.6 Å². The molecular formula is C12H18N2O4S. The Bertz CT molecular complexity index is 582. The maximum absolute atomic E-state index is 12.1. The highest BCUT2D eigenvalue weighted by atomic mass is 32.2. The molecule has 3 N–H and O–H groups in total. The van der Waals surface area contributed by atoms with Crippen LogP contribution in [0.4, 0.5) is 5.69 Å². The number of carbonyl (C=O) groups is 1. The van der Waals surface area contributed by atoms with Crippen molar-refractivity contribution >= 4 is 21.7 Å². The van der Waals surface area contributed by atoms with Gasteiger partial charge < -0.3 is 10.5 Å². The molecule has 0 radical (unpaired) electrons. The van der Waals surface area contributed by atoms with Gasteiger partial charge in [0.1, 0.15) is 6.54 Å². The van der Waals surface area contributed by atoms with E-state index in [9.17, 15) is 13.2 Å². The number of hydrogen-bond donors (Lipinski definition) is 2. The van der Waals surface area contributed by atoms with Crippen molar-refractivity contribution in [3.05, 3.63) is 23.3 Å². The summed E-state index contributed by atoms with van der Waals surface area (Å²) in [7, 11) is -3.78. The molecule has 0 amide bonds. The monoisotopic (exact) mass is 286 g/mol. The molecule has 0 bridgehead atoms. The number of sulfonamides is 1. The van der Waals surface area contributed by atoms with Crippen LogP contribution in [-0.4, -0.2) is 27.5 Å². The summed E-state index contributed by atoms with van der Waals surface area (Å²) in [6.07, 6.45) is 0. The summed E-state index contributed by atoms with van der Waals surface area (Å²) in [5, 5.41) is 0. The lowest BCUT2D eigenvalue weighted by molar-refractivity contribution is -0.141. The molecule has 1 aromatic carbocycles. The Morgan fingerprint density at radius 3 is 2.58 bits per heavy atom. The number of hydrogen-bond acceptors (Lipinski definition) is 5. The van der Waals surface area contributed by atoms with Crippen molar-refractivity contribution < 1.29 is 17.9 Å². The van der Waals surface area contributed by atoms with Crippen molar-refractivity contribution in [1.82, 2.24) is 4.72 Å². The lowest BCUT2D eigenvalue weighted by atomic mass is 10.1. The van der Waals surface area contributed by atoms with Gasteiger partial charge in [0.05, 0.1) is 11.5 Å². The van der Waals surface area contributed by atoms with Gasteiger partial charge in [0.2, 0.25) is 10.0 Å². The summed E-state index contributed by atoms with van der Waals surface area (Å²) >= 11 is 0. The second-order valence-corrected chi connectivity index (χ2v) is 5.84. The molecule has 1 rings (SSSR count). The smallest absolute Gasteiger partial charge is 0.321 e. The van der Waals surface area contributed by atoms with E-state index in [1.165, 1.54) is 6.07 Å². The number of ether oxygens (including phenoxy) is 1. The molecule has 106 valence electrons. The van der Waals surface area contributed by atoms with Crippen molar-refractivity contribution in [2.45, 2.75) is 25.7 Å². The molecular weight excluding hydrogens is 268 g/mol. The van der Waals surface area contributed by atoms with Gasteiger partial charge >= 0.3 is 5.97 Å². The van der Waals surface area contributed by atoms with Gasteiger partial charge in [-0.25, -0.2) is 8.42 Å². The number of benzene rings is 1. The van der Waals surface area contributed by atoms with Gasteiger partial charge in [-0.1, -0.05) is 0 Å². The first-order valence-corrected chi connectivity index (χ1v) is 7.28. The zero-order chi connectivity index (χ0) is 14.6. The molecule has 0 spiro atoms. The van der Waals surface area contributed by atoms with Crippen LogP contribution in [0.2, 0.25) is 0 Å². The molecule has 19 heavy (non-hydrogen) atoms. The highest BCUT2D eigenvalue weighted by Crippen LogP contribution is 2.22. The molecule has 6 nitrogen and oxygen atoms in total. The number of nitrogen functional groups attached to an aromatic ring is 1. The third kappa shape index (κ3) is 3.93. The first-order valence-electron chi connectivity index (χ1n) is 5.80. The molecule has 0 saturated carbocycles. The predicted octanol–water partition coefficient (Wildman–Crippen LogP) is 0.727. The Labute approximate surface area is 113 Å². The van der Waals surface area contributed by atoms with Crippen LogP contribution in [0.25, 0.3) is 0 Å². The number of aryl methyl sites for hydroxylation is 1. The highest BCUT2D eigenvalue weighted by Gasteiger charge is 2.19. The standard InChI is InChI=1S/C12H18N2O4S/c1-4-18-12(15)7-14-19(16,17)11-6-8(2)5-10(13)9(11)3/h5-6,14H,4,7,13H2,1-3H3. The van der Waals surface area contributed by atoms with E-state index in [-0.39, 0.29) is 11.5 Å². The van der Waals surface area contributed by atoms with Crippen molar-refractivity contribution in [3.63, 3.8) is 0 Å². The van der Waals surface area contributed by atoms with Gasteiger partial charge in [-0.3, -0.25) is 4.79 Å². The second-order valence-electron chi connectivity index (χ2n) is 4.11. The Morgan fingerprint density at radius 2 is 2.00 bits per heavy atom. The van der Waals surface area contributed by atoms with Gasteiger partial charge in [0, 0.05) is 5.69 Å². The van der Waals surface area contributed by atoms with Crippen LogP contribution in [0.5, 0.6) is 0 Å². The fourth-order valence-corrected chi connectivity index (χ4v) is 2.90. The van der Waals surface area contributed by atoms with Crippen molar-refractivity contribution in [3.8, 4) is 0 Å². The van der Waals surface area contributed by atoms with Crippen molar-refractivity contribution in [2.24, 2.45) is 0 Å². The Morgan fingerprint density at radius 1 is 1.37 bits per heavy atom. The quantitative estimate of drug-likeness (QED) is 0.614. The first-order chi connectivity index (χ1) is 8.77. The molecule has 0 fully saturated rings. The number of esters is 1. The summed E-state index contributed by atoms with van der Waals surface area (Å²) in [4.78, 5) is 11.2. The minimum Gasteiger partial charge on any atom is -0.465 e. The second kappa shape index (κ2) is 6.03. The summed E-state index contributed by atoms with van der Waals surface area (Å²) in [6, 6.07) is 3.21. The molecule has 0 aliphatic heterocycles. The summed E-state index contributed by atoms with van der Waals surface area (Å²) < 4.78 is 31.0. The summed E-state index contributed by atoms with van der Waals surface area (Å²) in [5.74, 6) is -0.621. The van der Waals surface area contributed by atoms with E-state index in [0.29, 0.717) is 11.3 Å². The normalized spacial score (nSPS) is 11.3. The minimum absolute atomic E-state index is 0.0781. The average Bonchev–Trinajstić information content (AvgIpc) is 2.31. The maximum atomic E-state index is 12.1. The third-order valence-electron chi connectivity index (χ3n) is 2.55. The predicted molar refractivity (Wildman–Crippen MR) is 72.1 cm³/mol. The van der Waals surface area contributed by atoms with Crippen molar-refractivity contribution in [2.75, 3.05) is 18.9 Å². The topological polar surface area (TPSA) is 98.5 Å². The molecule has 0 unspecified atom stereocenters. The zero-order valence-electron chi connectivity index (χ0n) is 11.2. The first kappa shape index (κ1) is 15.5. The van der Waals surface area contributed by atoms with Gasteiger partial charge in [-0.05, 0) is 44.0 Å². The molecule has 0 aliphatic rings. The Kier molecular flexibility index (Phi) is 4.90. The maximum Gasteiger partial charge on any atom is 0.321 e. The van der Waals surface area contributed by atoms with E-state index in [2.05, 4.69) is 9.46 Å². The number of nitrogens with one attached hydrogen (secondary N) is 1. The highest BCUT2D eigenvalue weighted by molar-refractivity contribution is 7.89. The fraction of sp³-hybridized carbons (Fsp3) is 0.417. The summed E-state index contributed by atoms with van der Waals surface area (Å²) in [6.45, 7) is 4.83. The Hall–Kier alpha value is -1.60. The third-order valence-corrected chi connectivity index (χ3v) is 4.07. The SMILES string of the molecule is CCOC(=O)CNS(=O)(=O)c1cc(C)cc(N)c1C. The van der Waals surface area contributed by atoms with Gasteiger partial charge in [0.15, 0.2) is 0 Å². The Balaban J connectivity index is 2.98. The van der Waals surface area contributed by atoms with Crippen LogP contribution in [0.3, 0.4) is 0 Å². The number of anilines is 1. The number of rotatable bonds is 5. The van der Waals surface area contributed by atoms with E-state index in [4.69, 9.17) is 5.73 Å². The zero-order valence-corrected chi connectivity index (χ0v) is 12.0. The fourth-order valence-electron chi connectivity index (χ4n) is 1.58. The summed E-state index contributed by atoms with van der Waals surface area (Å²) in [5.41, 5.74) is 7.33. The molecule has 0 aliphatic carbocycles. The van der Waals surface area contributed by atoms with E-state index in [1.54, 1.807) is 26.8 Å². The van der Waals surface area contributed by atoms with E-state index < -0.39 is 22.5 Å². The van der Waals surface area contributed by atoms with Gasteiger partial charge in [-0.2, -0.15) is 4.72 Å². The van der Waals surface area contributed by atoms with Crippen molar-refractivity contribution in [1.29, 1.82) is 0 Å². The largest absolute Gasteiger partial charge is 0.465 e. The van der Waals surface area contributed by atoms with E-state index in [1.807, 2.05) is 0 Å². The van der Waals surface area contributed by atoms with Crippen LogP contribution in [0, 0.1) is 13.8 Å². The average molecular weight is 286 g/mol. The van der Waals surface area contributed by atoms with E-state index in [0.717, 1.165) is 5.56 Å². The van der Waals surface area contributed by atoms with Crippen LogP contribution in [0.15, 0.2) is 17.0 Å². The molecule has 0 heterocycles. The molecule has 1 aromatic rings. The molecule has 0 atom stereocenters. The van der Waals surface area contributed by atoms with E-state index >= 15 is 0 Å². The molecule has 7 heteroatoms. The number of nitrogens with two attached hydrogens (primary N) is 1. The molecule has 0 aromatic heterocycles.